The Morgan fingerprint density at radius 3 is 2.44 bits per heavy atom. The standard InChI is InChI=1S/C9H8F2O4S/c1-15-9(12)5-16(13,14)6-2-3-7(10)8(11)4-6/h2-4H,5H2,1H3. The van der Waals surface area contributed by atoms with E-state index in [9.17, 15) is 22.0 Å². The highest BCUT2D eigenvalue weighted by molar-refractivity contribution is 7.92. The number of methoxy groups -OCH3 is 1. The van der Waals surface area contributed by atoms with E-state index in [-0.39, 0.29) is 0 Å². The second kappa shape index (κ2) is 4.56. The van der Waals surface area contributed by atoms with Gasteiger partial charge < -0.3 is 4.74 Å². The lowest BCUT2D eigenvalue weighted by atomic mass is 10.3. The number of rotatable bonds is 3. The van der Waals surface area contributed by atoms with Crippen molar-refractivity contribution in [1.29, 1.82) is 0 Å². The number of sulfone groups is 1. The van der Waals surface area contributed by atoms with Crippen LogP contribution in [0.5, 0.6) is 0 Å². The van der Waals surface area contributed by atoms with Crippen molar-refractivity contribution in [3.63, 3.8) is 0 Å². The summed E-state index contributed by atoms with van der Waals surface area (Å²) in [7, 11) is -2.96. The number of halogens is 2. The second-order valence-electron chi connectivity index (χ2n) is 2.91. The van der Waals surface area contributed by atoms with Crippen molar-refractivity contribution in [2.24, 2.45) is 0 Å². The maximum atomic E-state index is 12.8. The van der Waals surface area contributed by atoms with Crippen LogP contribution in [0.2, 0.25) is 0 Å². The zero-order valence-corrected chi connectivity index (χ0v) is 9.05. The monoisotopic (exact) mass is 250 g/mol. The van der Waals surface area contributed by atoms with Crippen molar-refractivity contribution >= 4 is 15.8 Å². The average Bonchev–Trinajstić information content (AvgIpc) is 2.21. The van der Waals surface area contributed by atoms with Gasteiger partial charge in [0, 0.05) is 0 Å². The van der Waals surface area contributed by atoms with Crippen molar-refractivity contribution < 1.29 is 26.7 Å². The van der Waals surface area contributed by atoms with Crippen LogP contribution in [0.15, 0.2) is 23.1 Å². The van der Waals surface area contributed by atoms with Crippen LogP contribution in [-0.2, 0) is 19.4 Å². The molecule has 1 aromatic carbocycles. The lowest BCUT2D eigenvalue weighted by Gasteiger charge is -2.03. The fourth-order valence-corrected chi connectivity index (χ4v) is 2.12. The minimum Gasteiger partial charge on any atom is -0.468 e. The van der Waals surface area contributed by atoms with Gasteiger partial charge in [0.15, 0.2) is 27.2 Å². The molecule has 88 valence electrons. The van der Waals surface area contributed by atoms with Crippen molar-refractivity contribution in [3.8, 4) is 0 Å². The first kappa shape index (κ1) is 12.6. The minimum atomic E-state index is -3.99. The predicted molar refractivity (Wildman–Crippen MR) is 50.4 cm³/mol. The second-order valence-corrected chi connectivity index (χ2v) is 4.90. The summed E-state index contributed by atoms with van der Waals surface area (Å²) in [4.78, 5) is 10.3. The maximum Gasteiger partial charge on any atom is 0.321 e. The summed E-state index contributed by atoms with van der Waals surface area (Å²) in [5.74, 6) is -4.32. The smallest absolute Gasteiger partial charge is 0.321 e. The number of carbonyl (C=O) groups excluding carboxylic acids is 1. The van der Waals surface area contributed by atoms with Gasteiger partial charge in [-0.05, 0) is 18.2 Å². The van der Waals surface area contributed by atoms with E-state index in [2.05, 4.69) is 4.74 Å². The number of ether oxygens (including phenoxy) is 1. The normalized spacial score (nSPS) is 11.2. The van der Waals surface area contributed by atoms with Crippen molar-refractivity contribution in [1.82, 2.24) is 0 Å². The highest BCUT2D eigenvalue weighted by Gasteiger charge is 2.21. The van der Waals surface area contributed by atoms with E-state index in [1.165, 1.54) is 0 Å². The number of benzene rings is 1. The van der Waals surface area contributed by atoms with Crippen molar-refractivity contribution in [2.45, 2.75) is 4.90 Å². The lowest BCUT2D eigenvalue weighted by Crippen LogP contribution is -2.17. The van der Waals surface area contributed by atoms with Gasteiger partial charge in [-0.1, -0.05) is 0 Å². The Bertz CT molecular complexity index is 510. The molecule has 0 aliphatic rings. The molecule has 0 bridgehead atoms. The summed E-state index contributed by atoms with van der Waals surface area (Å²) >= 11 is 0. The molecule has 0 aliphatic heterocycles. The zero-order chi connectivity index (χ0) is 12.3. The molecule has 1 aromatic rings. The van der Waals surface area contributed by atoms with Gasteiger partial charge >= 0.3 is 5.97 Å². The Balaban J connectivity index is 3.08. The molecule has 0 amide bonds. The molecular formula is C9H8F2O4S. The summed E-state index contributed by atoms with van der Waals surface area (Å²) in [5, 5.41) is 0. The molecular weight excluding hydrogens is 242 g/mol. The van der Waals surface area contributed by atoms with Crippen LogP contribution in [0.25, 0.3) is 0 Å². The highest BCUT2D eigenvalue weighted by Crippen LogP contribution is 2.15. The topological polar surface area (TPSA) is 60.4 Å². The predicted octanol–water partition coefficient (Wildman–Crippen LogP) is 0.912. The largest absolute Gasteiger partial charge is 0.468 e. The summed E-state index contributed by atoms with van der Waals surface area (Å²) < 4.78 is 52.5. The Morgan fingerprint density at radius 1 is 1.31 bits per heavy atom. The van der Waals surface area contributed by atoms with E-state index >= 15 is 0 Å². The first-order chi connectivity index (χ1) is 7.36. The van der Waals surface area contributed by atoms with Crippen molar-refractivity contribution in [3.05, 3.63) is 29.8 Å². The fourth-order valence-electron chi connectivity index (χ4n) is 0.968. The van der Waals surface area contributed by atoms with Crippen LogP contribution in [0.3, 0.4) is 0 Å². The highest BCUT2D eigenvalue weighted by atomic mass is 32.2. The average molecular weight is 250 g/mol. The summed E-state index contributed by atoms with van der Waals surface area (Å²) in [5.41, 5.74) is 0. The molecule has 0 fully saturated rings. The third kappa shape index (κ3) is 2.75. The van der Waals surface area contributed by atoms with Crippen LogP contribution in [0.4, 0.5) is 8.78 Å². The SMILES string of the molecule is COC(=O)CS(=O)(=O)c1ccc(F)c(F)c1. The molecule has 0 saturated carbocycles. The number of hydrogen-bond acceptors (Lipinski definition) is 4. The molecule has 16 heavy (non-hydrogen) atoms. The first-order valence-corrected chi connectivity index (χ1v) is 5.76. The third-order valence-corrected chi connectivity index (χ3v) is 3.37. The van der Waals surface area contributed by atoms with Gasteiger partial charge in [0.25, 0.3) is 0 Å². The van der Waals surface area contributed by atoms with Gasteiger partial charge in [0.2, 0.25) is 0 Å². The molecule has 0 N–H and O–H groups in total. The molecule has 0 saturated heterocycles. The number of hydrogen-bond donors (Lipinski definition) is 0. The van der Waals surface area contributed by atoms with Crippen LogP contribution in [-0.4, -0.2) is 27.2 Å². The molecule has 0 aliphatic carbocycles. The Hall–Kier alpha value is -1.50. The Kier molecular flexibility index (Phi) is 3.58. The molecule has 0 unspecified atom stereocenters. The molecule has 4 nitrogen and oxygen atoms in total. The maximum absolute atomic E-state index is 12.8. The lowest BCUT2D eigenvalue weighted by molar-refractivity contribution is -0.137. The van der Waals surface area contributed by atoms with Gasteiger partial charge in [0.05, 0.1) is 12.0 Å². The van der Waals surface area contributed by atoms with Crippen molar-refractivity contribution in [2.75, 3.05) is 12.9 Å². The van der Waals surface area contributed by atoms with E-state index < -0.39 is 38.1 Å². The Labute approximate surface area is 90.8 Å². The van der Waals surface area contributed by atoms with E-state index in [0.717, 1.165) is 13.2 Å². The molecule has 7 heteroatoms. The molecule has 0 radical (unpaired) electrons. The molecule has 0 spiro atoms. The molecule has 1 rings (SSSR count). The van der Waals surface area contributed by atoms with E-state index in [1.807, 2.05) is 0 Å². The van der Waals surface area contributed by atoms with Gasteiger partial charge in [-0.15, -0.1) is 0 Å². The third-order valence-electron chi connectivity index (χ3n) is 1.79. The quantitative estimate of drug-likeness (QED) is 0.591. The van der Waals surface area contributed by atoms with Crippen LogP contribution < -0.4 is 0 Å². The van der Waals surface area contributed by atoms with Crippen LogP contribution in [0, 0.1) is 11.6 Å². The Morgan fingerprint density at radius 2 is 1.94 bits per heavy atom. The summed E-state index contributed by atoms with van der Waals surface area (Å²) in [6.07, 6.45) is 0. The van der Waals surface area contributed by atoms with Gasteiger partial charge in [-0.25, -0.2) is 17.2 Å². The van der Waals surface area contributed by atoms with E-state index in [4.69, 9.17) is 0 Å². The molecule has 0 heterocycles. The zero-order valence-electron chi connectivity index (χ0n) is 8.24. The van der Waals surface area contributed by atoms with Gasteiger partial charge in [-0.3, -0.25) is 4.79 Å². The van der Waals surface area contributed by atoms with E-state index in [1.54, 1.807) is 0 Å². The number of carbonyl (C=O) groups is 1. The minimum absolute atomic E-state index is 0.461. The summed E-state index contributed by atoms with van der Waals surface area (Å²) in [6, 6.07) is 2.09. The summed E-state index contributed by atoms with van der Waals surface area (Å²) in [6.45, 7) is 0. The molecule has 0 aromatic heterocycles. The van der Waals surface area contributed by atoms with Gasteiger partial charge in [0.1, 0.15) is 0 Å². The molecule has 0 atom stereocenters. The number of esters is 1. The fraction of sp³-hybridized carbons (Fsp3) is 0.222. The van der Waals surface area contributed by atoms with Crippen LogP contribution in [0.1, 0.15) is 0 Å². The van der Waals surface area contributed by atoms with Gasteiger partial charge in [-0.2, -0.15) is 0 Å². The van der Waals surface area contributed by atoms with E-state index in [0.29, 0.717) is 12.1 Å². The van der Waals surface area contributed by atoms with Crippen LogP contribution >= 0.6 is 0 Å². The first-order valence-electron chi connectivity index (χ1n) is 4.11.